The first-order valence-corrected chi connectivity index (χ1v) is 11.5. The highest BCUT2D eigenvalue weighted by atomic mass is 35.5. The maximum Gasteiger partial charge on any atom is 0.432 e. The second-order valence-electron chi connectivity index (χ2n) is 8.28. The van der Waals surface area contributed by atoms with E-state index in [1.165, 1.54) is 30.3 Å². The van der Waals surface area contributed by atoms with E-state index in [0.29, 0.717) is 31.3 Å². The van der Waals surface area contributed by atoms with Crippen LogP contribution in [0.15, 0.2) is 42.6 Å². The number of imidazole rings is 1. The number of β-amino-alcohol motifs (C(OH)–C–C–N with tert-alkyl or cyclic N) is 1. The predicted octanol–water partition coefficient (Wildman–Crippen LogP) is 4.32. The summed E-state index contributed by atoms with van der Waals surface area (Å²) in [4.78, 5) is 20.6. The van der Waals surface area contributed by atoms with Crippen molar-refractivity contribution in [2.24, 2.45) is 0 Å². The number of alkyl halides is 3. The SMILES string of the molecule is O=C(C#Cc1ccc(F)c(Cl)c1)Nc1cc(-c2ncc(C(F)(F)F)[nH]2)ccc1OCCN1CCC(O)C1. The molecule has 0 spiro atoms. The predicted molar refractivity (Wildman–Crippen MR) is 129 cm³/mol. The Morgan fingerprint density at radius 1 is 1.30 bits per heavy atom. The molecular formula is C25H21ClF4N4O3. The van der Waals surface area contributed by atoms with Gasteiger partial charge < -0.3 is 20.1 Å². The van der Waals surface area contributed by atoms with Gasteiger partial charge >= 0.3 is 12.1 Å². The zero-order valence-corrected chi connectivity index (χ0v) is 20.0. The normalized spacial score (nSPS) is 15.8. The maximum absolute atomic E-state index is 13.3. The zero-order chi connectivity index (χ0) is 26.6. The number of aromatic nitrogens is 2. The molecule has 0 radical (unpaired) electrons. The Bertz CT molecular complexity index is 1350. The van der Waals surface area contributed by atoms with Gasteiger partial charge in [0.25, 0.3) is 0 Å². The van der Waals surface area contributed by atoms with Gasteiger partial charge in [-0.25, -0.2) is 9.37 Å². The molecule has 1 saturated heterocycles. The molecule has 1 aliphatic heterocycles. The fourth-order valence-electron chi connectivity index (χ4n) is 3.67. The summed E-state index contributed by atoms with van der Waals surface area (Å²) >= 11 is 5.73. The molecule has 2 aromatic carbocycles. The molecule has 4 rings (SSSR count). The molecule has 1 atom stereocenters. The van der Waals surface area contributed by atoms with E-state index >= 15 is 0 Å². The third-order valence-corrected chi connectivity index (χ3v) is 5.82. The molecule has 0 bridgehead atoms. The minimum atomic E-state index is -4.59. The van der Waals surface area contributed by atoms with Crippen LogP contribution in [0.1, 0.15) is 17.7 Å². The Hall–Kier alpha value is -3.59. The summed E-state index contributed by atoms with van der Waals surface area (Å²) in [6.45, 7) is 2.04. The van der Waals surface area contributed by atoms with Crippen LogP contribution in [0.3, 0.4) is 0 Å². The van der Waals surface area contributed by atoms with E-state index in [1.807, 2.05) is 4.90 Å². The second-order valence-corrected chi connectivity index (χ2v) is 8.69. The minimum absolute atomic E-state index is 0.0486. The van der Waals surface area contributed by atoms with Gasteiger partial charge in [0.05, 0.1) is 23.0 Å². The summed E-state index contributed by atoms with van der Waals surface area (Å²) in [6, 6.07) is 8.19. The summed E-state index contributed by atoms with van der Waals surface area (Å²) < 4.78 is 58.1. The van der Waals surface area contributed by atoms with Crippen LogP contribution in [0.4, 0.5) is 23.2 Å². The van der Waals surface area contributed by atoms with Crippen LogP contribution in [-0.2, 0) is 11.0 Å². The number of amides is 1. The number of nitrogens with zero attached hydrogens (tertiary/aromatic N) is 2. The highest BCUT2D eigenvalue weighted by molar-refractivity contribution is 6.30. The molecule has 1 aliphatic rings. The van der Waals surface area contributed by atoms with Crippen LogP contribution in [-0.4, -0.2) is 58.2 Å². The van der Waals surface area contributed by atoms with Crippen LogP contribution in [0, 0.1) is 17.7 Å². The zero-order valence-electron chi connectivity index (χ0n) is 19.2. The molecule has 0 saturated carbocycles. The largest absolute Gasteiger partial charge is 0.490 e. The molecule has 194 valence electrons. The monoisotopic (exact) mass is 536 g/mol. The number of halogens is 5. The summed E-state index contributed by atoms with van der Waals surface area (Å²) in [5, 5.41) is 12.1. The Morgan fingerprint density at radius 2 is 2.11 bits per heavy atom. The molecule has 3 aromatic rings. The average Bonchev–Trinajstić information content (AvgIpc) is 3.50. The number of hydrogen-bond acceptors (Lipinski definition) is 5. The first-order chi connectivity index (χ1) is 17.6. The number of aliphatic hydroxyl groups excluding tert-OH is 1. The fourth-order valence-corrected chi connectivity index (χ4v) is 3.85. The number of hydrogen-bond donors (Lipinski definition) is 3. The Balaban J connectivity index is 1.54. The van der Waals surface area contributed by atoms with Gasteiger partial charge in [-0.3, -0.25) is 9.69 Å². The van der Waals surface area contributed by atoms with E-state index in [4.69, 9.17) is 16.3 Å². The number of aromatic amines is 1. The molecule has 1 unspecified atom stereocenters. The van der Waals surface area contributed by atoms with Crippen molar-refractivity contribution >= 4 is 23.2 Å². The number of ether oxygens (including phenoxy) is 1. The van der Waals surface area contributed by atoms with Crippen molar-refractivity contribution < 1.29 is 32.2 Å². The average molecular weight is 537 g/mol. The standard InChI is InChI=1S/C25H21ClF4N4O3/c26-18-11-15(1-4-19(18)27)2-6-23(36)32-20-12-16(24-31-13-22(33-24)25(28,29)30)3-5-21(20)37-10-9-34-8-7-17(35)14-34/h1,3-5,11-13,17,35H,7-10,14H2,(H,31,33)(H,32,36). The second kappa shape index (κ2) is 11.2. The summed E-state index contributed by atoms with van der Waals surface area (Å²) in [5.74, 6) is 3.81. The fraction of sp³-hybridized carbons (Fsp3) is 0.280. The smallest absolute Gasteiger partial charge is 0.432 e. The number of aliphatic hydroxyl groups is 1. The van der Waals surface area contributed by atoms with Crippen LogP contribution in [0.5, 0.6) is 5.75 Å². The van der Waals surface area contributed by atoms with E-state index in [0.717, 1.165) is 12.6 Å². The number of H-pyrrole nitrogens is 1. The van der Waals surface area contributed by atoms with Crippen LogP contribution in [0.25, 0.3) is 11.4 Å². The lowest BCUT2D eigenvalue weighted by Crippen LogP contribution is -2.27. The molecule has 1 aromatic heterocycles. The van der Waals surface area contributed by atoms with E-state index in [-0.39, 0.29) is 40.6 Å². The number of rotatable bonds is 6. The number of likely N-dealkylation sites (tertiary alicyclic amines) is 1. The van der Waals surface area contributed by atoms with Crippen LogP contribution < -0.4 is 10.1 Å². The van der Waals surface area contributed by atoms with Crippen molar-refractivity contribution in [3.63, 3.8) is 0 Å². The Morgan fingerprint density at radius 3 is 2.78 bits per heavy atom. The van der Waals surface area contributed by atoms with Gasteiger partial charge in [-0.15, -0.1) is 0 Å². The lowest BCUT2D eigenvalue weighted by atomic mass is 10.1. The van der Waals surface area contributed by atoms with Crippen molar-refractivity contribution in [2.75, 3.05) is 31.6 Å². The Kier molecular flexibility index (Phi) is 8.02. The Labute approximate surface area is 214 Å². The van der Waals surface area contributed by atoms with Gasteiger partial charge in [0.15, 0.2) is 0 Å². The summed E-state index contributed by atoms with van der Waals surface area (Å²) in [7, 11) is 0. The number of benzene rings is 2. The van der Waals surface area contributed by atoms with Gasteiger partial charge in [0.2, 0.25) is 0 Å². The van der Waals surface area contributed by atoms with Crippen molar-refractivity contribution in [1.29, 1.82) is 0 Å². The molecule has 37 heavy (non-hydrogen) atoms. The van der Waals surface area contributed by atoms with Crippen molar-refractivity contribution in [1.82, 2.24) is 14.9 Å². The highest BCUT2D eigenvalue weighted by Gasteiger charge is 2.33. The molecule has 12 heteroatoms. The van der Waals surface area contributed by atoms with E-state index in [9.17, 15) is 27.5 Å². The molecular weight excluding hydrogens is 516 g/mol. The van der Waals surface area contributed by atoms with Crippen LogP contribution in [0.2, 0.25) is 5.02 Å². The quantitative estimate of drug-likeness (QED) is 0.322. The van der Waals surface area contributed by atoms with Gasteiger partial charge in [-0.05, 0) is 42.8 Å². The highest BCUT2D eigenvalue weighted by Crippen LogP contribution is 2.33. The van der Waals surface area contributed by atoms with Crippen molar-refractivity contribution in [2.45, 2.75) is 18.7 Å². The minimum Gasteiger partial charge on any atom is -0.490 e. The third kappa shape index (κ3) is 7.01. The topological polar surface area (TPSA) is 90.5 Å². The third-order valence-electron chi connectivity index (χ3n) is 5.53. The lowest BCUT2D eigenvalue weighted by Gasteiger charge is -2.17. The first kappa shape index (κ1) is 26.5. The molecule has 1 amide bonds. The summed E-state index contributed by atoms with van der Waals surface area (Å²) in [6.07, 6.45) is -3.61. The maximum atomic E-state index is 13.3. The first-order valence-electron chi connectivity index (χ1n) is 11.2. The van der Waals surface area contributed by atoms with Crippen molar-refractivity contribution in [3.05, 3.63) is 64.7 Å². The molecule has 3 N–H and O–H groups in total. The lowest BCUT2D eigenvalue weighted by molar-refractivity contribution is -0.140. The van der Waals surface area contributed by atoms with Gasteiger partial charge in [0, 0.05) is 36.7 Å². The van der Waals surface area contributed by atoms with Crippen molar-refractivity contribution in [3.8, 4) is 29.0 Å². The number of carbonyl (C=O) groups is 1. The molecule has 0 aliphatic carbocycles. The number of carbonyl (C=O) groups excluding carboxylic acids is 1. The molecule has 1 fully saturated rings. The van der Waals surface area contributed by atoms with E-state index in [2.05, 4.69) is 27.1 Å². The van der Waals surface area contributed by atoms with Gasteiger partial charge in [-0.1, -0.05) is 17.5 Å². The number of nitrogens with one attached hydrogen (secondary N) is 2. The van der Waals surface area contributed by atoms with E-state index in [1.54, 1.807) is 0 Å². The van der Waals surface area contributed by atoms with Gasteiger partial charge in [0.1, 0.15) is 29.7 Å². The van der Waals surface area contributed by atoms with Crippen LogP contribution >= 0.6 is 11.6 Å². The van der Waals surface area contributed by atoms with Gasteiger partial charge in [-0.2, -0.15) is 13.2 Å². The van der Waals surface area contributed by atoms with E-state index < -0.39 is 23.6 Å². The molecule has 2 heterocycles. The summed E-state index contributed by atoms with van der Waals surface area (Å²) in [5.41, 5.74) is -0.251. The number of anilines is 1. The molecule has 7 nitrogen and oxygen atoms in total.